The summed E-state index contributed by atoms with van der Waals surface area (Å²) in [5, 5.41) is 5.19. The zero-order valence-electron chi connectivity index (χ0n) is 11.9. The molecule has 0 spiro atoms. The number of rotatable bonds is 4. The van der Waals surface area contributed by atoms with Crippen LogP contribution < -0.4 is 5.32 Å². The van der Waals surface area contributed by atoms with E-state index in [2.05, 4.69) is 10.3 Å². The van der Waals surface area contributed by atoms with Crippen molar-refractivity contribution in [3.05, 3.63) is 81.0 Å². The SMILES string of the molecule is O=C(Nc1ccc(F)c(Cl)c1)c1csc(Cc2ccccc2)n1. The molecular weight excluding hydrogens is 335 g/mol. The van der Waals surface area contributed by atoms with E-state index in [1.807, 2.05) is 30.3 Å². The lowest BCUT2D eigenvalue weighted by molar-refractivity contribution is 0.102. The highest BCUT2D eigenvalue weighted by atomic mass is 35.5. The number of carbonyl (C=O) groups is 1. The molecule has 0 radical (unpaired) electrons. The Labute approximate surface area is 141 Å². The van der Waals surface area contributed by atoms with Crippen LogP contribution >= 0.6 is 22.9 Å². The molecular formula is C17H12ClFN2OS. The van der Waals surface area contributed by atoms with Gasteiger partial charge in [0.1, 0.15) is 11.5 Å². The average Bonchev–Trinajstić information content (AvgIpc) is 3.00. The van der Waals surface area contributed by atoms with Crippen LogP contribution in [0.3, 0.4) is 0 Å². The molecule has 0 aliphatic carbocycles. The Balaban J connectivity index is 1.69. The van der Waals surface area contributed by atoms with Crippen molar-refractivity contribution in [2.75, 3.05) is 5.32 Å². The number of halogens is 2. The fraction of sp³-hybridized carbons (Fsp3) is 0.0588. The second-order valence-electron chi connectivity index (χ2n) is 4.87. The van der Waals surface area contributed by atoms with Crippen LogP contribution in [0.4, 0.5) is 10.1 Å². The van der Waals surface area contributed by atoms with Gasteiger partial charge in [-0.15, -0.1) is 11.3 Å². The molecule has 0 bridgehead atoms. The summed E-state index contributed by atoms with van der Waals surface area (Å²) >= 11 is 7.13. The normalized spacial score (nSPS) is 10.5. The van der Waals surface area contributed by atoms with Crippen LogP contribution in [0.2, 0.25) is 5.02 Å². The van der Waals surface area contributed by atoms with E-state index in [0.29, 0.717) is 17.8 Å². The van der Waals surface area contributed by atoms with Crippen molar-refractivity contribution in [1.29, 1.82) is 0 Å². The molecule has 1 aromatic heterocycles. The lowest BCUT2D eigenvalue weighted by Crippen LogP contribution is -2.12. The number of carbonyl (C=O) groups excluding carboxylic acids is 1. The van der Waals surface area contributed by atoms with Crippen LogP contribution in [-0.2, 0) is 6.42 Å². The predicted octanol–water partition coefficient (Wildman–Crippen LogP) is 4.78. The Morgan fingerprint density at radius 1 is 1.22 bits per heavy atom. The molecule has 3 rings (SSSR count). The molecule has 6 heteroatoms. The maximum Gasteiger partial charge on any atom is 0.275 e. The summed E-state index contributed by atoms with van der Waals surface area (Å²) in [7, 11) is 0. The molecule has 0 aliphatic rings. The Morgan fingerprint density at radius 2 is 2.00 bits per heavy atom. The molecule has 0 aliphatic heterocycles. The van der Waals surface area contributed by atoms with E-state index in [1.54, 1.807) is 5.38 Å². The summed E-state index contributed by atoms with van der Waals surface area (Å²) in [4.78, 5) is 16.5. The third-order valence-electron chi connectivity index (χ3n) is 3.16. The molecule has 0 unspecified atom stereocenters. The summed E-state index contributed by atoms with van der Waals surface area (Å²) in [5.74, 6) is -0.869. The van der Waals surface area contributed by atoms with Crippen molar-refractivity contribution in [2.45, 2.75) is 6.42 Å². The number of thiazole rings is 1. The number of benzene rings is 2. The van der Waals surface area contributed by atoms with Gasteiger partial charge in [-0.1, -0.05) is 41.9 Å². The second-order valence-corrected chi connectivity index (χ2v) is 6.22. The molecule has 23 heavy (non-hydrogen) atoms. The standard InChI is InChI=1S/C17H12ClFN2OS/c18-13-9-12(6-7-14(13)19)20-17(22)15-10-23-16(21-15)8-11-4-2-1-3-5-11/h1-7,9-10H,8H2,(H,20,22). The fourth-order valence-corrected chi connectivity index (χ4v) is 3.02. The quantitative estimate of drug-likeness (QED) is 0.738. The van der Waals surface area contributed by atoms with Gasteiger partial charge in [0, 0.05) is 17.5 Å². The van der Waals surface area contributed by atoms with Gasteiger partial charge < -0.3 is 5.32 Å². The minimum Gasteiger partial charge on any atom is -0.321 e. The van der Waals surface area contributed by atoms with Crippen LogP contribution in [0.5, 0.6) is 0 Å². The van der Waals surface area contributed by atoms with E-state index < -0.39 is 5.82 Å². The summed E-state index contributed by atoms with van der Waals surface area (Å²) in [5.41, 5.74) is 1.90. The van der Waals surface area contributed by atoms with Crippen LogP contribution in [-0.4, -0.2) is 10.9 Å². The zero-order valence-corrected chi connectivity index (χ0v) is 13.5. The fourth-order valence-electron chi connectivity index (χ4n) is 2.04. The summed E-state index contributed by atoms with van der Waals surface area (Å²) in [6.07, 6.45) is 0.682. The molecule has 2 aromatic carbocycles. The average molecular weight is 347 g/mol. The van der Waals surface area contributed by atoms with Crippen molar-refractivity contribution < 1.29 is 9.18 Å². The van der Waals surface area contributed by atoms with Crippen LogP contribution in [0, 0.1) is 5.82 Å². The molecule has 116 valence electrons. The number of amides is 1. The van der Waals surface area contributed by atoms with E-state index in [9.17, 15) is 9.18 Å². The van der Waals surface area contributed by atoms with Crippen molar-refractivity contribution in [1.82, 2.24) is 4.98 Å². The van der Waals surface area contributed by atoms with Gasteiger partial charge >= 0.3 is 0 Å². The molecule has 0 saturated heterocycles. The van der Waals surface area contributed by atoms with Gasteiger partial charge in [-0.05, 0) is 23.8 Å². The minimum absolute atomic E-state index is 0.0363. The Kier molecular flexibility index (Phi) is 4.69. The van der Waals surface area contributed by atoms with Gasteiger partial charge in [0.05, 0.1) is 10.0 Å². The second kappa shape index (κ2) is 6.89. The number of anilines is 1. The molecule has 1 N–H and O–H groups in total. The lowest BCUT2D eigenvalue weighted by Gasteiger charge is -2.04. The largest absolute Gasteiger partial charge is 0.321 e. The Hall–Kier alpha value is -2.24. The lowest BCUT2D eigenvalue weighted by atomic mass is 10.2. The number of hydrogen-bond donors (Lipinski definition) is 1. The third-order valence-corrected chi connectivity index (χ3v) is 4.30. The van der Waals surface area contributed by atoms with Crippen molar-refractivity contribution in [3.8, 4) is 0 Å². The number of aromatic nitrogens is 1. The first-order valence-corrected chi connectivity index (χ1v) is 8.12. The van der Waals surface area contributed by atoms with E-state index >= 15 is 0 Å². The minimum atomic E-state index is -0.525. The summed E-state index contributed by atoms with van der Waals surface area (Å²) in [6.45, 7) is 0. The molecule has 1 amide bonds. The van der Waals surface area contributed by atoms with Crippen LogP contribution in [0.25, 0.3) is 0 Å². The molecule has 3 nitrogen and oxygen atoms in total. The van der Waals surface area contributed by atoms with Gasteiger partial charge in [-0.2, -0.15) is 0 Å². The Morgan fingerprint density at radius 3 is 2.74 bits per heavy atom. The van der Waals surface area contributed by atoms with E-state index in [1.165, 1.54) is 29.5 Å². The molecule has 0 atom stereocenters. The van der Waals surface area contributed by atoms with E-state index in [0.717, 1.165) is 10.6 Å². The van der Waals surface area contributed by atoms with Gasteiger partial charge in [-0.3, -0.25) is 4.79 Å². The molecule has 0 saturated carbocycles. The maximum absolute atomic E-state index is 13.1. The zero-order chi connectivity index (χ0) is 16.2. The third kappa shape index (κ3) is 3.94. The molecule has 0 fully saturated rings. The predicted molar refractivity (Wildman–Crippen MR) is 90.7 cm³/mol. The first-order chi connectivity index (χ1) is 11.1. The van der Waals surface area contributed by atoms with Gasteiger partial charge in [0.2, 0.25) is 0 Å². The van der Waals surface area contributed by atoms with Crippen molar-refractivity contribution in [2.24, 2.45) is 0 Å². The van der Waals surface area contributed by atoms with Crippen LogP contribution in [0.1, 0.15) is 21.1 Å². The van der Waals surface area contributed by atoms with E-state index in [4.69, 9.17) is 11.6 Å². The number of nitrogens with one attached hydrogen (secondary N) is 1. The highest BCUT2D eigenvalue weighted by Gasteiger charge is 2.12. The molecule has 3 aromatic rings. The first kappa shape index (κ1) is 15.6. The highest BCUT2D eigenvalue weighted by molar-refractivity contribution is 7.09. The summed E-state index contributed by atoms with van der Waals surface area (Å²) in [6, 6.07) is 14.0. The van der Waals surface area contributed by atoms with Crippen LogP contribution in [0.15, 0.2) is 53.9 Å². The van der Waals surface area contributed by atoms with E-state index in [-0.39, 0.29) is 10.9 Å². The topological polar surface area (TPSA) is 42.0 Å². The maximum atomic E-state index is 13.1. The molecule has 1 heterocycles. The Bertz CT molecular complexity index is 836. The monoisotopic (exact) mass is 346 g/mol. The van der Waals surface area contributed by atoms with Gasteiger partial charge in [-0.25, -0.2) is 9.37 Å². The van der Waals surface area contributed by atoms with Gasteiger partial charge in [0.15, 0.2) is 0 Å². The van der Waals surface area contributed by atoms with Crippen molar-refractivity contribution in [3.63, 3.8) is 0 Å². The van der Waals surface area contributed by atoms with Crippen molar-refractivity contribution >= 4 is 34.5 Å². The number of hydrogen-bond acceptors (Lipinski definition) is 3. The first-order valence-electron chi connectivity index (χ1n) is 6.86. The number of nitrogens with zero attached hydrogens (tertiary/aromatic N) is 1. The van der Waals surface area contributed by atoms with Gasteiger partial charge in [0.25, 0.3) is 5.91 Å². The smallest absolute Gasteiger partial charge is 0.275 e. The highest BCUT2D eigenvalue weighted by Crippen LogP contribution is 2.20. The summed E-state index contributed by atoms with van der Waals surface area (Å²) < 4.78 is 13.1.